The molecule has 0 saturated heterocycles. The van der Waals surface area contributed by atoms with Gasteiger partial charge >= 0.3 is 0 Å². The van der Waals surface area contributed by atoms with Crippen LogP contribution in [0.25, 0.3) is 22.1 Å². The second-order valence-corrected chi connectivity index (χ2v) is 3.67. The molecular weight excluding hydrogens is 226 g/mol. The second-order valence-electron chi connectivity index (χ2n) is 3.67. The fourth-order valence-corrected chi connectivity index (χ4v) is 1.77. The number of hydrogen-bond acceptors (Lipinski definition) is 2. The van der Waals surface area contributed by atoms with E-state index in [1.54, 1.807) is 0 Å². The lowest BCUT2D eigenvalue weighted by Gasteiger charge is -2.05. The van der Waals surface area contributed by atoms with Crippen LogP contribution < -0.4 is 4.73 Å². The topological polar surface area (TPSA) is 39.8 Å². The van der Waals surface area contributed by atoms with Gasteiger partial charge < -0.3 is 5.21 Å². The number of rotatable bonds is 0. The first kappa shape index (κ1) is 9.89. The predicted molar refractivity (Wildman–Crippen MR) is 58.1 cm³/mol. The first-order chi connectivity index (χ1) is 8.15. The molecule has 0 aliphatic carbocycles. The zero-order valence-corrected chi connectivity index (χ0v) is 8.52. The van der Waals surface area contributed by atoms with Crippen molar-refractivity contribution in [3.8, 4) is 0 Å². The van der Waals surface area contributed by atoms with Gasteiger partial charge in [0.1, 0.15) is 22.7 Å². The van der Waals surface area contributed by atoms with Crippen molar-refractivity contribution >= 4 is 22.1 Å². The molecule has 3 nitrogen and oxygen atoms in total. The molecule has 3 rings (SSSR count). The third-order valence-electron chi connectivity index (χ3n) is 2.55. The van der Waals surface area contributed by atoms with Gasteiger partial charge in [-0.15, -0.1) is 0 Å². The van der Waals surface area contributed by atoms with Crippen molar-refractivity contribution < 1.29 is 13.5 Å². The summed E-state index contributed by atoms with van der Waals surface area (Å²) < 4.78 is 26.6. The minimum atomic E-state index is -0.509. The summed E-state index contributed by atoms with van der Waals surface area (Å²) in [5, 5.41) is 11.9. The molecule has 1 aromatic heterocycles. The van der Waals surface area contributed by atoms with Crippen molar-refractivity contribution in [1.82, 2.24) is 4.98 Å². The second kappa shape index (κ2) is 3.35. The highest BCUT2D eigenvalue weighted by Gasteiger charge is 2.13. The Labute approximate surface area is 94.5 Å². The van der Waals surface area contributed by atoms with E-state index in [4.69, 9.17) is 0 Å². The van der Waals surface area contributed by atoms with Gasteiger partial charge in [0.15, 0.2) is 0 Å². The number of fused-ring (bicyclic) bond motifs is 2. The van der Waals surface area contributed by atoms with E-state index in [0.717, 1.165) is 6.07 Å². The van der Waals surface area contributed by atoms with Crippen LogP contribution in [-0.2, 0) is 0 Å². The van der Waals surface area contributed by atoms with E-state index in [1.165, 1.54) is 30.3 Å². The predicted octanol–water partition coefficient (Wildman–Crippen LogP) is 2.30. The summed E-state index contributed by atoms with van der Waals surface area (Å²) >= 11 is 0. The van der Waals surface area contributed by atoms with E-state index in [2.05, 4.69) is 4.98 Å². The lowest BCUT2D eigenvalue weighted by molar-refractivity contribution is -0.548. The van der Waals surface area contributed by atoms with E-state index in [0.29, 0.717) is 10.2 Å². The summed E-state index contributed by atoms with van der Waals surface area (Å²) in [6, 6.07) is 7.38. The highest BCUT2D eigenvalue weighted by atomic mass is 19.1. The molecular formula is C12H6F2N2O. The van der Waals surface area contributed by atoms with E-state index in [-0.39, 0.29) is 16.6 Å². The number of halogens is 2. The summed E-state index contributed by atoms with van der Waals surface area (Å²) in [7, 11) is 0. The summed E-state index contributed by atoms with van der Waals surface area (Å²) in [5.41, 5.74) is 0.923. The van der Waals surface area contributed by atoms with Crippen LogP contribution in [0.2, 0.25) is 0 Å². The quantitative estimate of drug-likeness (QED) is 0.339. The molecule has 0 unspecified atom stereocenters. The highest BCUT2D eigenvalue weighted by Crippen LogP contribution is 2.16. The molecule has 0 radical (unpaired) electrons. The van der Waals surface area contributed by atoms with Gasteiger partial charge in [0.25, 0.3) is 0 Å². The molecule has 0 N–H and O–H groups in total. The van der Waals surface area contributed by atoms with Crippen LogP contribution in [0.5, 0.6) is 0 Å². The van der Waals surface area contributed by atoms with Crippen LogP contribution in [-0.4, -0.2) is 4.98 Å². The van der Waals surface area contributed by atoms with Gasteiger partial charge in [-0.3, -0.25) is 0 Å². The minimum absolute atomic E-state index is 0.129. The largest absolute Gasteiger partial charge is 0.618 e. The normalized spacial score (nSPS) is 11.2. The van der Waals surface area contributed by atoms with Crippen LogP contribution in [0.15, 0.2) is 36.4 Å². The maximum absolute atomic E-state index is 13.0. The maximum atomic E-state index is 13.0. The van der Waals surface area contributed by atoms with Gasteiger partial charge in [0.2, 0.25) is 11.0 Å². The van der Waals surface area contributed by atoms with Crippen LogP contribution in [0.3, 0.4) is 0 Å². The first-order valence-corrected chi connectivity index (χ1v) is 4.93. The Morgan fingerprint density at radius 1 is 0.882 bits per heavy atom. The first-order valence-electron chi connectivity index (χ1n) is 4.93. The Morgan fingerprint density at radius 3 is 2.41 bits per heavy atom. The lowest BCUT2D eigenvalue weighted by atomic mass is 10.2. The van der Waals surface area contributed by atoms with Gasteiger partial charge in [-0.2, -0.15) is 4.73 Å². The molecule has 3 aromatic rings. The van der Waals surface area contributed by atoms with Gasteiger partial charge in [-0.25, -0.2) is 13.8 Å². The molecule has 0 fully saturated rings. The van der Waals surface area contributed by atoms with Crippen LogP contribution in [0.1, 0.15) is 0 Å². The average molecular weight is 232 g/mol. The van der Waals surface area contributed by atoms with Crippen LogP contribution in [0, 0.1) is 16.8 Å². The molecule has 2 aromatic carbocycles. The number of hydrogen-bond donors (Lipinski definition) is 0. The van der Waals surface area contributed by atoms with E-state index in [1.807, 2.05) is 0 Å². The third kappa shape index (κ3) is 1.47. The minimum Gasteiger partial charge on any atom is -0.618 e. The standard InChI is InChI=1S/C12H6F2N2O/c13-7-2-4-11-10(5-7)15-9-3-1-8(14)6-12(9)16(11)17/h1-6H. The number of benzene rings is 2. The van der Waals surface area contributed by atoms with Gasteiger partial charge in [-0.05, 0) is 18.2 Å². The molecule has 0 bridgehead atoms. The van der Waals surface area contributed by atoms with Crippen molar-refractivity contribution in [2.24, 2.45) is 0 Å². The molecule has 1 heterocycles. The molecule has 17 heavy (non-hydrogen) atoms. The fourth-order valence-electron chi connectivity index (χ4n) is 1.77. The smallest absolute Gasteiger partial charge is 0.245 e. The fraction of sp³-hybridized carbons (Fsp3) is 0. The third-order valence-corrected chi connectivity index (χ3v) is 2.55. The molecule has 0 spiro atoms. The average Bonchev–Trinajstić information content (AvgIpc) is 2.30. The van der Waals surface area contributed by atoms with Crippen LogP contribution >= 0.6 is 0 Å². The molecule has 0 amide bonds. The lowest BCUT2D eigenvalue weighted by Crippen LogP contribution is -2.28. The van der Waals surface area contributed by atoms with Gasteiger partial charge in [0, 0.05) is 18.2 Å². The summed E-state index contributed by atoms with van der Waals surface area (Å²) in [6.45, 7) is 0. The summed E-state index contributed by atoms with van der Waals surface area (Å²) in [6.07, 6.45) is 0. The Hall–Kier alpha value is -2.30. The van der Waals surface area contributed by atoms with E-state index in [9.17, 15) is 14.0 Å². The molecule has 0 saturated carbocycles. The molecule has 0 aliphatic heterocycles. The molecule has 84 valence electrons. The zero-order chi connectivity index (χ0) is 12.0. The highest BCUT2D eigenvalue weighted by molar-refractivity contribution is 5.81. The van der Waals surface area contributed by atoms with Crippen molar-refractivity contribution in [2.75, 3.05) is 0 Å². The van der Waals surface area contributed by atoms with Gasteiger partial charge in [0.05, 0.1) is 0 Å². The Bertz CT molecular complexity index is 743. The van der Waals surface area contributed by atoms with Gasteiger partial charge in [-0.1, -0.05) is 0 Å². The Morgan fingerprint density at radius 2 is 1.59 bits per heavy atom. The molecule has 0 aliphatic rings. The molecule has 5 heteroatoms. The Balaban J connectivity index is 2.52. The number of nitrogens with zero attached hydrogens (tertiary/aromatic N) is 2. The van der Waals surface area contributed by atoms with Crippen LogP contribution in [0.4, 0.5) is 8.78 Å². The summed E-state index contributed by atoms with van der Waals surface area (Å²) in [5.74, 6) is -0.975. The van der Waals surface area contributed by atoms with Crippen molar-refractivity contribution in [1.29, 1.82) is 0 Å². The van der Waals surface area contributed by atoms with Crippen molar-refractivity contribution in [3.63, 3.8) is 0 Å². The van der Waals surface area contributed by atoms with Crippen molar-refractivity contribution in [2.45, 2.75) is 0 Å². The summed E-state index contributed by atoms with van der Waals surface area (Å²) in [4.78, 5) is 4.11. The SMILES string of the molecule is [O-][n+]1c2ccc(F)cc2nc2ccc(F)cc21. The van der Waals surface area contributed by atoms with Crippen molar-refractivity contribution in [3.05, 3.63) is 53.2 Å². The Kier molecular flexibility index (Phi) is 1.95. The monoisotopic (exact) mass is 232 g/mol. The zero-order valence-electron chi connectivity index (χ0n) is 8.52. The molecule has 0 atom stereocenters. The maximum Gasteiger partial charge on any atom is 0.245 e. The number of aromatic nitrogens is 2. The van der Waals surface area contributed by atoms with E-state index >= 15 is 0 Å². The van der Waals surface area contributed by atoms with E-state index < -0.39 is 11.6 Å².